The Kier molecular flexibility index (Phi) is 6.37. The molecule has 0 aromatic rings. The van der Waals surface area contributed by atoms with Crippen molar-refractivity contribution in [1.29, 1.82) is 0 Å². The highest BCUT2D eigenvalue weighted by atomic mass is 16.5. The lowest BCUT2D eigenvalue weighted by Crippen LogP contribution is -2.48. The maximum Gasteiger partial charge on any atom is 0.328 e. The Morgan fingerprint density at radius 1 is 1.58 bits per heavy atom. The molecule has 5 nitrogen and oxygen atoms in total. The van der Waals surface area contributed by atoms with Gasteiger partial charge in [-0.05, 0) is 32.1 Å². The average Bonchev–Trinajstić information content (AvgIpc) is 2.44. The van der Waals surface area contributed by atoms with Crippen LogP contribution in [0.4, 0.5) is 0 Å². The zero-order valence-corrected chi connectivity index (χ0v) is 11.4. The van der Waals surface area contributed by atoms with Crippen LogP contribution < -0.4 is 5.32 Å². The van der Waals surface area contributed by atoms with Crippen molar-refractivity contribution >= 4 is 12.4 Å². The Morgan fingerprint density at radius 2 is 2.32 bits per heavy atom. The number of hydrogen-bond acceptors (Lipinski definition) is 4. The summed E-state index contributed by atoms with van der Waals surface area (Å²) in [5.41, 5.74) is 0. The van der Waals surface area contributed by atoms with Gasteiger partial charge in [-0.25, -0.2) is 4.79 Å². The van der Waals surface area contributed by atoms with Crippen LogP contribution in [0.25, 0.3) is 0 Å². The largest absolute Gasteiger partial charge is 0.464 e. The fourth-order valence-electron chi connectivity index (χ4n) is 2.40. The van der Waals surface area contributed by atoms with E-state index in [2.05, 4.69) is 11.2 Å². The number of amides is 1. The van der Waals surface area contributed by atoms with E-state index in [1.54, 1.807) is 6.92 Å². The molecule has 5 heteroatoms. The molecular weight excluding hydrogens is 246 g/mol. The van der Waals surface area contributed by atoms with E-state index in [1.165, 1.54) is 0 Å². The summed E-state index contributed by atoms with van der Waals surface area (Å²) < 4.78 is 10.7. The normalized spacial score (nSPS) is 27.9. The van der Waals surface area contributed by atoms with Crippen molar-refractivity contribution in [2.24, 2.45) is 5.92 Å². The number of carbonyl (C=O) groups excluding carboxylic acids is 2. The number of hydrogen-bond donors (Lipinski definition) is 1. The number of nitrogens with one attached hydrogen (secondary N) is 1. The highest BCUT2D eigenvalue weighted by Gasteiger charge is 2.36. The standard InChI is InChI=1S/C14H21NO4/c1-4-11-7-10(8-12(5-2)19-11)13(15-9-16)14(17)18-6-3/h1,9-13H,5-8H2,2-3H3,(H,15,16). The second kappa shape index (κ2) is 7.80. The fourth-order valence-corrected chi connectivity index (χ4v) is 2.40. The van der Waals surface area contributed by atoms with E-state index in [9.17, 15) is 9.59 Å². The summed E-state index contributed by atoms with van der Waals surface area (Å²) in [5.74, 6) is 2.11. The Morgan fingerprint density at radius 3 is 2.84 bits per heavy atom. The van der Waals surface area contributed by atoms with Crippen molar-refractivity contribution in [1.82, 2.24) is 5.32 Å². The van der Waals surface area contributed by atoms with Gasteiger partial charge in [0.1, 0.15) is 12.1 Å². The Bertz CT molecular complexity index is 350. The minimum absolute atomic E-state index is 0.0187. The van der Waals surface area contributed by atoms with Gasteiger partial charge in [0.25, 0.3) is 0 Å². The monoisotopic (exact) mass is 267 g/mol. The molecule has 1 N–H and O–H groups in total. The minimum atomic E-state index is -0.647. The van der Waals surface area contributed by atoms with Crippen LogP contribution in [0.1, 0.15) is 33.1 Å². The van der Waals surface area contributed by atoms with Crippen LogP contribution in [0.3, 0.4) is 0 Å². The molecular formula is C14H21NO4. The number of rotatable bonds is 6. The summed E-state index contributed by atoms with van der Waals surface area (Å²) in [4.78, 5) is 22.6. The molecule has 1 aliphatic heterocycles. The number of esters is 1. The van der Waals surface area contributed by atoms with E-state index in [1.807, 2.05) is 6.92 Å². The summed E-state index contributed by atoms with van der Waals surface area (Å²) in [6, 6.07) is -0.647. The molecule has 106 valence electrons. The first-order chi connectivity index (χ1) is 9.15. The van der Waals surface area contributed by atoms with Gasteiger partial charge in [-0.3, -0.25) is 4.79 Å². The van der Waals surface area contributed by atoms with Crippen molar-refractivity contribution < 1.29 is 19.1 Å². The molecule has 0 aliphatic carbocycles. The molecule has 1 heterocycles. The maximum atomic E-state index is 11.9. The summed E-state index contributed by atoms with van der Waals surface area (Å²) in [7, 11) is 0. The summed E-state index contributed by atoms with van der Waals surface area (Å²) in [6.45, 7) is 4.03. The molecule has 0 aromatic carbocycles. The van der Waals surface area contributed by atoms with Gasteiger partial charge in [0.15, 0.2) is 0 Å². The van der Waals surface area contributed by atoms with Gasteiger partial charge in [0.2, 0.25) is 6.41 Å². The van der Waals surface area contributed by atoms with E-state index in [0.29, 0.717) is 19.3 Å². The second-order valence-corrected chi connectivity index (χ2v) is 4.57. The summed E-state index contributed by atoms with van der Waals surface area (Å²) >= 11 is 0. The van der Waals surface area contributed by atoms with Crippen molar-refractivity contribution in [2.45, 2.75) is 51.4 Å². The van der Waals surface area contributed by atoms with Crippen LogP contribution in [0.2, 0.25) is 0 Å². The zero-order chi connectivity index (χ0) is 14.3. The average molecular weight is 267 g/mol. The van der Waals surface area contributed by atoms with Crippen molar-refractivity contribution in [3.63, 3.8) is 0 Å². The molecule has 0 saturated carbocycles. The lowest BCUT2D eigenvalue weighted by molar-refractivity contribution is -0.150. The Hall–Kier alpha value is -1.54. The number of ether oxygens (including phenoxy) is 2. The molecule has 0 bridgehead atoms. The van der Waals surface area contributed by atoms with Crippen LogP contribution >= 0.6 is 0 Å². The van der Waals surface area contributed by atoms with Crippen molar-refractivity contribution in [3.05, 3.63) is 0 Å². The topological polar surface area (TPSA) is 64.6 Å². The van der Waals surface area contributed by atoms with Crippen LogP contribution in [0.15, 0.2) is 0 Å². The Labute approximate surface area is 114 Å². The van der Waals surface area contributed by atoms with E-state index in [4.69, 9.17) is 15.9 Å². The first-order valence-electron chi connectivity index (χ1n) is 6.64. The number of terminal acetylenes is 1. The predicted octanol–water partition coefficient (Wildman–Crippen LogP) is 0.871. The van der Waals surface area contributed by atoms with Crippen LogP contribution in [-0.4, -0.2) is 37.2 Å². The van der Waals surface area contributed by atoms with Crippen molar-refractivity contribution in [2.75, 3.05) is 6.61 Å². The third-order valence-corrected chi connectivity index (χ3v) is 3.34. The lowest BCUT2D eigenvalue weighted by atomic mass is 9.85. The van der Waals surface area contributed by atoms with E-state index in [0.717, 1.165) is 6.42 Å². The molecule has 1 aliphatic rings. The van der Waals surface area contributed by atoms with Crippen LogP contribution in [0.5, 0.6) is 0 Å². The van der Waals surface area contributed by atoms with Crippen LogP contribution in [0, 0.1) is 18.3 Å². The molecule has 0 spiro atoms. The molecule has 1 rings (SSSR count). The molecule has 0 aromatic heterocycles. The minimum Gasteiger partial charge on any atom is -0.464 e. The quantitative estimate of drug-likeness (QED) is 0.440. The summed E-state index contributed by atoms with van der Waals surface area (Å²) in [6.07, 6.45) is 7.72. The van der Waals surface area contributed by atoms with Gasteiger partial charge in [-0.1, -0.05) is 12.8 Å². The second-order valence-electron chi connectivity index (χ2n) is 4.57. The third-order valence-electron chi connectivity index (χ3n) is 3.34. The highest BCUT2D eigenvalue weighted by molar-refractivity contribution is 5.78. The molecule has 0 radical (unpaired) electrons. The van der Waals surface area contributed by atoms with Gasteiger partial charge in [0, 0.05) is 0 Å². The summed E-state index contributed by atoms with van der Waals surface area (Å²) in [5, 5.41) is 2.55. The molecule has 1 amide bonds. The van der Waals surface area contributed by atoms with Gasteiger partial charge in [-0.2, -0.15) is 0 Å². The lowest BCUT2D eigenvalue weighted by Gasteiger charge is -2.35. The first-order valence-corrected chi connectivity index (χ1v) is 6.64. The van der Waals surface area contributed by atoms with E-state index < -0.39 is 12.0 Å². The smallest absolute Gasteiger partial charge is 0.328 e. The van der Waals surface area contributed by atoms with Gasteiger partial charge >= 0.3 is 5.97 Å². The fraction of sp³-hybridized carbons (Fsp3) is 0.714. The third kappa shape index (κ3) is 4.25. The van der Waals surface area contributed by atoms with Crippen molar-refractivity contribution in [3.8, 4) is 12.3 Å². The molecule has 1 fully saturated rings. The van der Waals surface area contributed by atoms with E-state index in [-0.39, 0.29) is 24.7 Å². The first kappa shape index (κ1) is 15.5. The van der Waals surface area contributed by atoms with Crippen LogP contribution in [-0.2, 0) is 19.1 Å². The zero-order valence-electron chi connectivity index (χ0n) is 11.4. The maximum absolute atomic E-state index is 11.9. The Balaban J connectivity index is 2.78. The molecule has 19 heavy (non-hydrogen) atoms. The molecule has 4 atom stereocenters. The SMILES string of the molecule is C#CC1CC(C(NC=O)C(=O)OCC)CC(CC)O1. The van der Waals surface area contributed by atoms with Gasteiger partial charge in [0.05, 0.1) is 12.7 Å². The predicted molar refractivity (Wildman–Crippen MR) is 70.1 cm³/mol. The molecule has 1 saturated heterocycles. The van der Waals surface area contributed by atoms with Gasteiger partial charge in [-0.15, -0.1) is 6.42 Å². The molecule has 4 unspecified atom stereocenters. The van der Waals surface area contributed by atoms with Gasteiger partial charge < -0.3 is 14.8 Å². The van der Waals surface area contributed by atoms with E-state index >= 15 is 0 Å². The number of carbonyl (C=O) groups is 2. The highest BCUT2D eigenvalue weighted by Crippen LogP contribution is 2.29.